The zero-order valence-corrected chi connectivity index (χ0v) is 17.8. The van der Waals surface area contributed by atoms with E-state index in [1.54, 1.807) is 7.11 Å². The normalized spacial score (nSPS) is 19.9. The summed E-state index contributed by atoms with van der Waals surface area (Å²) in [6.45, 7) is 4.39. The van der Waals surface area contributed by atoms with Crippen molar-refractivity contribution in [2.24, 2.45) is 5.92 Å². The van der Waals surface area contributed by atoms with Crippen molar-refractivity contribution in [1.82, 2.24) is 20.0 Å². The van der Waals surface area contributed by atoms with E-state index < -0.39 is 0 Å². The zero-order valence-electron chi connectivity index (χ0n) is 17.8. The van der Waals surface area contributed by atoms with Crippen LogP contribution in [-0.4, -0.2) is 53.2 Å². The highest BCUT2D eigenvalue weighted by molar-refractivity contribution is 5.77. The molecule has 1 aliphatic heterocycles. The number of carbonyl (C=O) groups is 2. The number of likely N-dealkylation sites (tertiary alicyclic amines) is 1. The molecule has 0 unspecified atom stereocenters. The molecule has 1 aromatic heterocycles. The van der Waals surface area contributed by atoms with E-state index in [1.807, 2.05) is 33.8 Å². The summed E-state index contributed by atoms with van der Waals surface area (Å²) in [5.41, 5.74) is 3.60. The monoisotopic (exact) mass is 410 g/mol. The molecule has 30 heavy (non-hydrogen) atoms. The average Bonchev–Trinajstić information content (AvgIpc) is 3.35. The van der Waals surface area contributed by atoms with Gasteiger partial charge < -0.3 is 15.0 Å². The maximum absolute atomic E-state index is 12.8. The van der Waals surface area contributed by atoms with Crippen molar-refractivity contribution in [2.75, 3.05) is 26.7 Å². The highest BCUT2D eigenvalue weighted by atomic mass is 16.5. The molecule has 0 radical (unpaired) electrons. The Morgan fingerprint density at radius 3 is 2.77 bits per heavy atom. The zero-order chi connectivity index (χ0) is 21.1. The van der Waals surface area contributed by atoms with Crippen LogP contribution in [0.3, 0.4) is 0 Å². The lowest BCUT2D eigenvalue weighted by atomic mass is 9.81. The van der Waals surface area contributed by atoms with Crippen molar-refractivity contribution in [3.8, 4) is 5.75 Å². The first-order valence-corrected chi connectivity index (χ1v) is 10.7. The SMILES string of the molecule is COc1ccc(CCC(=O)N2C[C@H]3CCc4cn(CCNC(C)=O)nc4[C@H]3C2)cc1. The molecule has 7 nitrogen and oxygen atoms in total. The minimum absolute atomic E-state index is 0.0217. The van der Waals surface area contributed by atoms with Gasteiger partial charge in [-0.05, 0) is 48.4 Å². The van der Waals surface area contributed by atoms with Crippen molar-refractivity contribution >= 4 is 11.8 Å². The van der Waals surface area contributed by atoms with Gasteiger partial charge in [0.1, 0.15) is 5.75 Å². The van der Waals surface area contributed by atoms with Gasteiger partial charge in [0.05, 0.1) is 19.3 Å². The minimum atomic E-state index is -0.0217. The number of aromatic nitrogens is 2. The van der Waals surface area contributed by atoms with E-state index in [9.17, 15) is 9.59 Å². The van der Waals surface area contributed by atoms with Gasteiger partial charge in [-0.15, -0.1) is 0 Å². The highest BCUT2D eigenvalue weighted by Crippen LogP contribution is 2.40. The van der Waals surface area contributed by atoms with E-state index in [0.717, 1.165) is 49.4 Å². The van der Waals surface area contributed by atoms with Crippen molar-refractivity contribution in [3.05, 3.63) is 47.3 Å². The molecule has 7 heteroatoms. The van der Waals surface area contributed by atoms with Crippen LogP contribution in [0.25, 0.3) is 0 Å². The molecule has 2 heterocycles. The summed E-state index contributed by atoms with van der Waals surface area (Å²) in [5.74, 6) is 1.88. The number of nitrogens with zero attached hydrogens (tertiary/aromatic N) is 3. The number of hydrogen-bond acceptors (Lipinski definition) is 4. The fraction of sp³-hybridized carbons (Fsp3) is 0.522. The van der Waals surface area contributed by atoms with Gasteiger partial charge in [-0.25, -0.2) is 0 Å². The maximum Gasteiger partial charge on any atom is 0.222 e. The summed E-state index contributed by atoms with van der Waals surface area (Å²) in [6, 6.07) is 7.92. The fourth-order valence-corrected chi connectivity index (χ4v) is 4.66. The first-order chi connectivity index (χ1) is 14.5. The highest BCUT2D eigenvalue weighted by Gasteiger charge is 2.40. The number of aryl methyl sites for hydroxylation is 2. The Morgan fingerprint density at radius 2 is 2.03 bits per heavy atom. The van der Waals surface area contributed by atoms with Crippen LogP contribution >= 0.6 is 0 Å². The van der Waals surface area contributed by atoms with Crippen LogP contribution in [0.4, 0.5) is 0 Å². The summed E-state index contributed by atoms with van der Waals surface area (Å²) in [5, 5.41) is 7.63. The molecule has 0 saturated carbocycles. The lowest BCUT2D eigenvalue weighted by molar-refractivity contribution is -0.130. The largest absolute Gasteiger partial charge is 0.497 e. The molecule has 160 valence electrons. The number of benzene rings is 1. The minimum Gasteiger partial charge on any atom is -0.497 e. The molecular formula is C23H30N4O3. The second kappa shape index (κ2) is 8.90. The van der Waals surface area contributed by atoms with Gasteiger partial charge in [0, 0.05) is 45.1 Å². The maximum atomic E-state index is 12.8. The van der Waals surface area contributed by atoms with E-state index in [-0.39, 0.29) is 11.8 Å². The Morgan fingerprint density at radius 1 is 1.23 bits per heavy atom. The van der Waals surface area contributed by atoms with Gasteiger partial charge in [-0.3, -0.25) is 14.3 Å². The Bertz CT molecular complexity index is 906. The van der Waals surface area contributed by atoms with Crippen LogP contribution in [0.1, 0.15) is 42.5 Å². The molecule has 0 bridgehead atoms. The van der Waals surface area contributed by atoms with Crippen molar-refractivity contribution in [1.29, 1.82) is 0 Å². The third-order valence-electron chi connectivity index (χ3n) is 6.30. The molecule has 0 spiro atoms. The first kappa shape index (κ1) is 20.4. The lowest BCUT2D eigenvalue weighted by Gasteiger charge is -2.22. The van der Waals surface area contributed by atoms with Crippen LogP contribution in [0, 0.1) is 5.92 Å². The van der Waals surface area contributed by atoms with Crippen LogP contribution in [0.15, 0.2) is 30.5 Å². The summed E-state index contributed by atoms with van der Waals surface area (Å²) >= 11 is 0. The third-order valence-corrected chi connectivity index (χ3v) is 6.30. The molecule has 1 N–H and O–H groups in total. The molecule has 2 aromatic rings. The molecule has 1 aliphatic carbocycles. The van der Waals surface area contributed by atoms with E-state index in [1.165, 1.54) is 12.5 Å². The molecule has 2 amide bonds. The molecule has 1 aromatic carbocycles. The molecule has 2 atom stereocenters. The number of rotatable bonds is 7. The summed E-state index contributed by atoms with van der Waals surface area (Å²) in [6.07, 6.45) is 5.52. The number of nitrogens with one attached hydrogen (secondary N) is 1. The van der Waals surface area contributed by atoms with Crippen molar-refractivity contribution in [2.45, 2.75) is 45.1 Å². The van der Waals surface area contributed by atoms with Gasteiger partial charge in [-0.1, -0.05) is 12.1 Å². The fourth-order valence-electron chi connectivity index (χ4n) is 4.66. The topological polar surface area (TPSA) is 76.5 Å². The van der Waals surface area contributed by atoms with Crippen molar-refractivity contribution in [3.63, 3.8) is 0 Å². The lowest BCUT2D eigenvalue weighted by Crippen LogP contribution is -2.29. The predicted molar refractivity (Wildman–Crippen MR) is 113 cm³/mol. The number of amides is 2. The van der Waals surface area contributed by atoms with Crippen LogP contribution < -0.4 is 10.1 Å². The first-order valence-electron chi connectivity index (χ1n) is 10.7. The number of carbonyl (C=O) groups excluding carboxylic acids is 2. The third kappa shape index (κ3) is 4.50. The van der Waals surface area contributed by atoms with Crippen LogP contribution in [0.5, 0.6) is 5.75 Å². The quantitative estimate of drug-likeness (QED) is 0.759. The van der Waals surface area contributed by atoms with E-state index in [2.05, 4.69) is 11.5 Å². The smallest absolute Gasteiger partial charge is 0.222 e. The van der Waals surface area contributed by atoms with Gasteiger partial charge in [0.15, 0.2) is 0 Å². The second-order valence-electron chi connectivity index (χ2n) is 8.34. The average molecular weight is 411 g/mol. The Labute approximate surface area is 177 Å². The number of fused-ring (bicyclic) bond motifs is 3. The summed E-state index contributed by atoms with van der Waals surface area (Å²) in [4.78, 5) is 25.9. The second-order valence-corrected chi connectivity index (χ2v) is 8.34. The Balaban J connectivity index is 1.34. The molecule has 2 aliphatic rings. The van der Waals surface area contributed by atoms with Gasteiger partial charge in [0.2, 0.25) is 11.8 Å². The Hall–Kier alpha value is -2.83. The molecule has 1 fully saturated rings. The molecular weight excluding hydrogens is 380 g/mol. The molecule has 4 rings (SSSR count). The van der Waals surface area contributed by atoms with Crippen LogP contribution in [0.2, 0.25) is 0 Å². The molecule has 1 saturated heterocycles. The van der Waals surface area contributed by atoms with Gasteiger partial charge in [0.25, 0.3) is 0 Å². The van der Waals surface area contributed by atoms with E-state index in [4.69, 9.17) is 9.84 Å². The van der Waals surface area contributed by atoms with Gasteiger partial charge in [-0.2, -0.15) is 5.10 Å². The van der Waals surface area contributed by atoms with E-state index >= 15 is 0 Å². The predicted octanol–water partition coefficient (Wildman–Crippen LogP) is 2.15. The number of hydrogen-bond donors (Lipinski definition) is 1. The van der Waals surface area contributed by atoms with Gasteiger partial charge >= 0.3 is 0 Å². The number of methoxy groups -OCH3 is 1. The Kier molecular flexibility index (Phi) is 6.06. The standard InChI is InChI=1S/C23H30N4O3/c1-16(28)24-11-12-27-14-19-7-6-18-13-26(15-21(18)23(19)25-27)22(29)10-5-17-3-8-20(30-2)9-4-17/h3-4,8-9,14,18,21H,5-7,10-13,15H2,1-2H3,(H,24,28)/t18-,21+/m1/s1. The number of ether oxygens (including phenoxy) is 1. The van der Waals surface area contributed by atoms with Crippen LogP contribution in [-0.2, 0) is 29.0 Å². The van der Waals surface area contributed by atoms with E-state index in [0.29, 0.717) is 31.3 Å². The summed E-state index contributed by atoms with van der Waals surface area (Å²) in [7, 11) is 1.66. The van der Waals surface area contributed by atoms with Crippen molar-refractivity contribution < 1.29 is 14.3 Å². The summed E-state index contributed by atoms with van der Waals surface area (Å²) < 4.78 is 7.13.